The summed E-state index contributed by atoms with van der Waals surface area (Å²) in [5.41, 5.74) is 2.01. The maximum atomic E-state index is 13.2. The number of hydrogen-bond acceptors (Lipinski definition) is 5. The van der Waals surface area contributed by atoms with Crippen molar-refractivity contribution in [1.82, 2.24) is 19.7 Å². The van der Waals surface area contributed by atoms with Gasteiger partial charge in [-0.15, -0.1) is 0 Å². The summed E-state index contributed by atoms with van der Waals surface area (Å²) < 4.78 is 7.67. The molecule has 2 fully saturated rings. The van der Waals surface area contributed by atoms with Gasteiger partial charge >= 0.3 is 6.09 Å². The number of carbonyl (C=O) groups excluding carboxylic acids is 2. The van der Waals surface area contributed by atoms with Gasteiger partial charge in [-0.25, -0.2) is 9.78 Å². The van der Waals surface area contributed by atoms with E-state index in [1.165, 1.54) is 0 Å². The van der Waals surface area contributed by atoms with Gasteiger partial charge in [0.05, 0.1) is 23.2 Å². The number of likely N-dealkylation sites (tertiary alicyclic amines) is 1. The van der Waals surface area contributed by atoms with Gasteiger partial charge in [-0.3, -0.25) is 9.48 Å². The van der Waals surface area contributed by atoms with E-state index in [-0.39, 0.29) is 23.8 Å². The second kappa shape index (κ2) is 8.22. The highest BCUT2D eigenvalue weighted by Gasteiger charge is 2.54. The van der Waals surface area contributed by atoms with E-state index >= 15 is 0 Å². The molecular formula is C26H34ClN5O3. The number of amides is 2. The van der Waals surface area contributed by atoms with Crippen LogP contribution in [-0.4, -0.2) is 49.3 Å². The molecule has 35 heavy (non-hydrogen) atoms. The lowest BCUT2D eigenvalue weighted by atomic mass is 9.89. The Hall–Kier alpha value is -2.61. The number of ether oxygens (including phenoxy) is 1. The molecule has 4 heterocycles. The Balaban J connectivity index is 1.33. The van der Waals surface area contributed by atoms with Crippen LogP contribution in [0.25, 0.3) is 11.1 Å². The van der Waals surface area contributed by atoms with Gasteiger partial charge in [-0.2, -0.15) is 5.10 Å². The Bertz CT molecular complexity index is 1180. The largest absolute Gasteiger partial charge is 0.444 e. The Labute approximate surface area is 211 Å². The van der Waals surface area contributed by atoms with E-state index < -0.39 is 11.1 Å². The van der Waals surface area contributed by atoms with Gasteiger partial charge in [0.2, 0.25) is 5.91 Å². The molecule has 5 rings (SSSR count). The SMILES string of the molecule is CC1(C)Cc2c(-c3cc(NC(=O)CC45CCC(CN4C(=O)OC(C)(C)C)C5)ncc3Cl)cnn2C1. The van der Waals surface area contributed by atoms with Gasteiger partial charge in [0, 0.05) is 36.1 Å². The minimum absolute atomic E-state index is 0.147. The van der Waals surface area contributed by atoms with Crippen LogP contribution in [0.5, 0.6) is 0 Å². The number of piperidine rings is 1. The van der Waals surface area contributed by atoms with Crippen LogP contribution in [0.2, 0.25) is 5.02 Å². The lowest BCUT2D eigenvalue weighted by molar-refractivity contribution is -0.118. The number of halogens is 1. The van der Waals surface area contributed by atoms with Crippen molar-refractivity contribution in [2.75, 3.05) is 11.9 Å². The molecule has 0 aromatic carbocycles. The van der Waals surface area contributed by atoms with Crippen LogP contribution in [0.1, 0.15) is 66.0 Å². The average molecular weight is 500 g/mol. The van der Waals surface area contributed by atoms with Crippen LogP contribution in [0, 0.1) is 11.3 Å². The van der Waals surface area contributed by atoms with Crippen LogP contribution in [-0.2, 0) is 22.5 Å². The van der Waals surface area contributed by atoms with E-state index in [0.29, 0.717) is 23.3 Å². The van der Waals surface area contributed by atoms with Crippen LogP contribution in [0.3, 0.4) is 0 Å². The van der Waals surface area contributed by atoms with Gasteiger partial charge in [-0.05, 0) is 63.9 Å². The van der Waals surface area contributed by atoms with E-state index in [1.807, 2.05) is 37.7 Å². The average Bonchev–Trinajstić information content (AvgIpc) is 3.46. The molecule has 2 amide bonds. The number of pyridine rings is 1. The van der Waals surface area contributed by atoms with Crippen molar-refractivity contribution in [3.63, 3.8) is 0 Å². The number of fused-ring (bicyclic) bond motifs is 3. The normalized spacial score (nSPS) is 24.5. The molecule has 3 aliphatic rings. The molecule has 1 N–H and O–H groups in total. The topological polar surface area (TPSA) is 89.3 Å². The summed E-state index contributed by atoms with van der Waals surface area (Å²) in [5, 5.41) is 8.02. The summed E-state index contributed by atoms with van der Waals surface area (Å²) in [6.45, 7) is 11.5. The Morgan fingerprint density at radius 1 is 1.26 bits per heavy atom. The standard InChI is InChI=1S/C26H34ClN5O3/c1-24(2,3)35-23(34)31-14-16-6-7-26(31,9-16)11-22(33)30-21-8-17(19(27)13-28-21)18-12-29-32-15-25(4,5)10-20(18)32/h8,12-13,16H,6-7,9-11,14-15H2,1-5H3,(H,28,30,33). The first-order valence-electron chi connectivity index (χ1n) is 12.4. The van der Waals surface area contributed by atoms with Gasteiger partial charge in [0.1, 0.15) is 11.4 Å². The summed E-state index contributed by atoms with van der Waals surface area (Å²) in [6.07, 6.45) is 6.87. The van der Waals surface area contributed by atoms with E-state index in [1.54, 1.807) is 11.1 Å². The molecule has 1 saturated heterocycles. The molecular weight excluding hydrogens is 466 g/mol. The number of anilines is 1. The molecule has 2 bridgehead atoms. The van der Waals surface area contributed by atoms with Crippen molar-refractivity contribution in [3.8, 4) is 11.1 Å². The minimum Gasteiger partial charge on any atom is -0.444 e. The maximum absolute atomic E-state index is 13.2. The van der Waals surface area contributed by atoms with Crippen LogP contribution in [0.15, 0.2) is 18.5 Å². The zero-order valence-corrected chi connectivity index (χ0v) is 21.9. The monoisotopic (exact) mass is 499 g/mol. The third-order valence-corrected chi connectivity index (χ3v) is 7.69. The molecule has 2 atom stereocenters. The number of aromatic nitrogens is 3. The smallest absolute Gasteiger partial charge is 0.410 e. The van der Waals surface area contributed by atoms with Gasteiger partial charge in [-0.1, -0.05) is 25.4 Å². The fourth-order valence-corrected chi connectivity index (χ4v) is 6.19. The number of nitrogens with one attached hydrogen (secondary N) is 1. The number of rotatable bonds is 4. The molecule has 1 saturated carbocycles. The highest BCUT2D eigenvalue weighted by Crippen LogP contribution is 2.49. The Morgan fingerprint density at radius 3 is 2.74 bits per heavy atom. The molecule has 2 unspecified atom stereocenters. The zero-order chi connectivity index (χ0) is 25.2. The lowest BCUT2D eigenvalue weighted by Crippen LogP contribution is -2.51. The predicted molar refractivity (Wildman–Crippen MR) is 134 cm³/mol. The third-order valence-electron chi connectivity index (χ3n) is 7.39. The van der Waals surface area contributed by atoms with Crippen molar-refractivity contribution >= 4 is 29.4 Å². The quantitative estimate of drug-likeness (QED) is 0.616. The van der Waals surface area contributed by atoms with Gasteiger partial charge in [0.15, 0.2) is 0 Å². The summed E-state index contributed by atoms with van der Waals surface area (Å²) in [7, 11) is 0. The van der Waals surface area contributed by atoms with E-state index in [9.17, 15) is 9.59 Å². The molecule has 1 aliphatic carbocycles. The van der Waals surface area contributed by atoms with E-state index in [0.717, 1.165) is 49.0 Å². The van der Waals surface area contributed by atoms with Crippen molar-refractivity contribution < 1.29 is 14.3 Å². The lowest BCUT2D eigenvalue weighted by Gasteiger charge is -2.39. The summed E-state index contributed by atoms with van der Waals surface area (Å²) in [4.78, 5) is 32.2. The van der Waals surface area contributed by atoms with E-state index in [4.69, 9.17) is 16.3 Å². The predicted octanol–water partition coefficient (Wildman–Crippen LogP) is 5.30. The van der Waals surface area contributed by atoms with Gasteiger partial charge < -0.3 is 15.0 Å². The minimum atomic E-state index is -0.574. The maximum Gasteiger partial charge on any atom is 0.410 e. The first-order chi connectivity index (χ1) is 16.3. The molecule has 8 nitrogen and oxygen atoms in total. The van der Waals surface area contributed by atoms with Crippen LogP contribution >= 0.6 is 11.6 Å². The second-order valence-corrected chi connectivity index (χ2v) is 12.6. The molecule has 2 aromatic rings. The molecule has 2 aliphatic heterocycles. The Morgan fingerprint density at radius 2 is 2.03 bits per heavy atom. The Kier molecular flexibility index (Phi) is 5.66. The second-order valence-electron chi connectivity index (χ2n) is 12.2. The van der Waals surface area contributed by atoms with E-state index in [2.05, 4.69) is 29.2 Å². The van der Waals surface area contributed by atoms with Crippen molar-refractivity contribution in [2.45, 2.75) is 84.4 Å². The highest BCUT2D eigenvalue weighted by atomic mass is 35.5. The highest BCUT2D eigenvalue weighted by molar-refractivity contribution is 6.33. The number of hydrogen-bond donors (Lipinski definition) is 1. The third kappa shape index (κ3) is 4.65. The summed E-state index contributed by atoms with van der Waals surface area (Å²) in [6, 6.07) is 1.82. The zero-order valence-electron chi connectivity index (χ0n) is 21.2. The number of nitrogens with zero attached hydrogens (tertiary/aromatic N) is 4. The summed E-state index contributed by atoms with van der Waals surface area (Å²) in [5.74, 6) is 0.701. The fourth-order valence-electron chi connectivity index (χ4n) is 5.98. The van der Waals surface area contributed by atoms with Gasteiger partial charge in [0.25, 0.3) is 0 Å². The first kappa shape index (κ1) is 24.1. The van der Waals surface area contributed by atoms with Crippen molar-refractivity contribution in [1.29, 1.82) is 0 Å². The number of carbonyl (C=O) groups is 2. The van der Waals surface area contributed by atoms with Crippen LogP contribution < -0.4 is 5.32 Å². The van der Waals surface area contributed by atoms with Crippen molar-refractivity contribution in [3.05, 3.63) is 29.2 Å². The summed E-state index contributed by atoms with van der Waals surface area (Å²) >= 11 is 6.52. The van der Waals surface area contributed by atoms with Crippen LogP contribution in [0.4, 0.5) is 10.6 Å². The molecule has 0 spiro atoms. The molecule has 2 aromatic heterocycles. The molecule has 9 heteroatoms. The molecule has 188 valence electrons. The molecule has 0 radical (unpaired) electrons. The first-order valence-corrected chi connectivity index (χ1v) is 12.7. The fraction of sp³-hybridized carbons (Fsp3) is 0.615. The van der Waals surface area contributed by atoms with Crippen molar-refractivity contribution in [2.24, 2.45) is 11.3 Å².